The third-order valence-corrected chi connectivity index (χ3v) is 3.46. The van der Waals surface area contributed by atoms with Crippen molar-refractivity contribution in [1.82, 2.24) is 19.8 Å². The van der Waals surface area contributed by atoms with Crippen molar-refractivity contribution >= 4 is 18.3 Å². The first-order valence-electron chi connectivity index (χ1n) is 7.29. The molecule has 0 atom stereocenters. The molecule has 1 aromatic rings. The fraction of sp³-hybridized carbons (Fsp3) is 0.571. The van der Waals surface area contributed by atoms with Gasteiger partial charge in [0.15, 0.2) is 0 Å². The van der Waals surface area contributed by atoms with Crippen molar-refractivity contribution in [2.75, 3.05) is 38.0 Å². The summed E-state index contributed by atoms with van der Waals surface area (Å²) in [6, 6.07) is 0. The number of hydrogen-bond acceptors (Lipinski definition) is 5. The maximum Gasteiger partial charge on any atom is 0.257 e. The van der Waals surface area contributed by atoms with Crippen molar-refractivity contribution in [2.45, 2.75) is 19.8 Å². The summed E-state index contributed by atoms with van der Waals surface area (Å²) < 4.78 is 0. The number of amides is 2. The van der Waals surface area contributed by atoms with Crippen LogP contribution in [0.25, 0.3) is 0 Å². The highest BCUT2D eigenvalue weighted by atomic mass is 16.2. The quantitative estimate of drug-likeness (QED) is 0.613. The van der Waals surface area contributed by atoms with Gasteiger partial charge in [-0.25, -0.2) is 9.97 Å². The van der Waals surface area contributed by atoms with Crippen molar-refractivity contribution < 1.29 is 9.59 Å². The van der Waals surface area contributed by atoms with Crippen LogP contribution in [0.2, 0.25) is 0 Å². The van der Waals surface area contributed by atoms with Crippen LogP contribution in [0.1, 0.15) is 30.1 Å². The molecular weight excluding hydrogens is 270 g/mol. The van der Waals surface area contributed by atoms with E-state index in [0.29, 0.717) is 37.7 Å². The summed E-state index contributed by atoms with van der Waals surface area (Å²) >= 11 is 0. The van der Waals surface area contributed by atoms with Gasteiger partial charge in [0, 0.05) is 45.1 Å². The van der Waals surface area contributed by atoms with Crippen molar-refractivity contribution in [3.8, 4) is 0 Å². The Kier molecular flexibility index (Phi) is 5.48. The molecule has 1 N–H and O–H groups in total. The molecule has 0 radical (unpaired) electrons. The van der Waals surface area contributed by atoms with Crippen LogP contribution in [-0.2, 0) is 4.79 Å². The van der Waals surface area contributed by atoms with Gasteiger partial charge in [0.2, 0.25) is 12.4 Å². The second kappa shape index (κ2) is 7.56. The molecule has 1 aliphatic rings. The van der Waals surface area contributed by atoms with Crippen molar-refractivity contribution in [1.29, 1.82) is 0 Å². The summed E-state index contributed by atoms with van der Waals surface area (Å²) in [6.07, 6.45) is 6.09. The van der Waals surface area contributed by atoms with Crippen LogP contribution in [0.4, 0.5) is 5.95 Å². The smallest absolute Gasteiger partial charge is 0.257 e. The van der Waals surface area contributed by atoms with Gasteiger partial charge in [-0.1, -0.05) is 13.3 Å². The number of anilines is 1. The third-order valence-electron chi connectivity index (χ3n) is 3.46. The highest BCUT2D eigenvalue weighted by molar-refractivity contribution is 5.93. The summed E-state index contributed by atoms with van der Waals surface area (Å²) in [5, 5.41) is 3.11. The minimum absolute atomic E-state index is 0.0827. The Balaban J connectivity index is 1.89. The molecule has 0 saturated carbocycles. The first-order chi connectivity index (χ1) is 10.2. The molecule has 0 aromatic carbocycles. The summed E-state index contributed by atoms with van der Waals surface area (Å²) in [4.78, 5) is 34.6. The van der Waals surface area contributed by atoms with Crippen LogP contribution in [0.5, 0.6) is 0 Å². The van der Waals surface area contributed by atoms with Crippen molar-refractivity contribution in [3.05, 3.63) is 18.0 Å². The Bertz CT molecular complexity index is 469. The molecule has 0 unspecified atom stereocenters. The number of carbonyl (C=O) groups is 2. The van der Waals surface area contributed by atoms with E-state index in [9.17, 15) is 9.59 Å². The maximum absolute atomic E-state index is 12.3. The Morgan fingerprint density at radius 1 is 1.29 bits per heavy atom. The van der Waals surface area contributed by atoms with E-state index >= 15 is 0 Å². The minimum Gasteiger partial charge on any atom is -0.354 e. The van der Waals surface area contributed by atoms with E-state index < -0.39 is 0 Å². The Labute approximate surface area is 124 Å². The van der Waals surface area contributed by atoms with Gasteiger partial charge in [0.1, 0.15) is 0 Å². The van der Waals surface area contributed by atoms with Gasteiger partial charge in [-0.05, 0) is 6.42 Å². The first-order valence-corrected chi connectivity index (χ1v) is 7.29. The van der Waals surface area contributed by atoms with E-state index in [-0.39, 0.29) is 5.91 Å². The van der Waals surface area contributed by atoms with Crippen LogP contribution in [-0.4, -0.2) is 64.8 Å². The lowest BCUT2D eigenvalue weighted by atomic mass is 10.2. The topological polar surface area (TPSA) is 78.4 Å². The van der Waals surface area contributed by atoms with Crippen LogP contribution in [0.3, 0.4) is 0 Å². The zero-order valence-corrected chi connectivity index (χ0v) is 12.3. The monoisotopic (exact) mass is 291 g/mol. The molecule has 21 heavy (non-hydrogen) atoms. The zero-order valence-electron chi connectivity index (χ0n) is 12.3. The molecule has 1 fully saturated rings. The normalized spacial score (nSPS) is 14.9. The highest BCUT2D eigenvalue weighted by Crippen LogP contribution is 2.08. The number of aromatic nitrogens is 2. The van der Waals surface area contributed by atoms with Crippen molar-refractivity contribution in [3.63, 3.8) is 0 Å². The maximum atomic E-state index is 12.3. The lowest BCUT2D eigenvalue weighted by Gasteiger charge is -2.32. The average molecular weight is 291 g/mol. The molecule has 2 amide bonds. The Morgan fingerprint density at radius 2 is 1.95 bits per heavy atom. The van der Waals surface area contributed by atoms with E-state index in [1.807, 2.05) is 0 Å². The van der Waals surface area contributed by atoms with Gasteiger partial charge in [-0.15, -0.1) is 0 Å². The van der Waals surface area contributed by atoms with Crippen LogP contribution in [0.15, 0.2) is 12.4 Å². The molecule has 7 nitrogen and oxygen atoms in total. The van der Waals surface area contributed by atoms with Gasteiger partial charge in [0.05, 0.1) is 5.56 Å². The largest absolute Gasteiger partial charge is 0.354 e. The van der Waals surface area contributed by atoms with E-state index in [2.05, 4.69) is 22.2 Å². The summed E-state index contributed by atoms with van der Waals surface area (Å²) in [7, 11) is 0. The van der Waals surface area contributed by atoms with Gasteiger partial charge >= 0.3 is 0 Å². The lowest BCUT2D eigenvalue weighted by molar-refractivity contribution is -0.119. The van der Waals surface area contributed by atoms with Gasteiger partial charge in [-0.3, -0.25) is 9.59 Å². The van der Waals surface area contributed by atoms with E-state index in [0.717, 1.165) is 25.8 Å². The minimum atomic E-state index is -0.0827. The van der Waals surface area contributed by atoms with Gasteiger partial charge in [-0.2, -0.15) is 0 Å². The lowest BCUT2D eigenvalue weighted by Crippen LogP contribution is -2.48. The summed E-state index contributed by atoms with van der Waals surface area (Å²) in [5.41, 5.74) is 0.482. The number of piperazine rings is 1. The molecule has 7 heteroatoms. The number of rotatable bonds is 6. The Hall–Kier alpha value is -2.18. The predicted octanol–water partition coefficient (Wildman–Crippen LogP) is 0.603. The van der Waals surface area contributed by atoms with Gasteiger partial charge in [0.25, 0.3) is 5.91 Å². The molecule has 114 valence electrons. The standard InChI is InChI=1S/C14H21N5O2/c1-2-3-4-15-14-16-9-12(10-17-14)13(21)19-7-5-18(11-20)6-8-19/h9-11H,2-8H2,1H3,(H,15,16,17). The zero-order chi connectivity index (χ0) is 15.1. The molecule has 2 heterocycles. The number of carbonyl (C=O) groups excluding carboxylic acids is 2. The van der Waals surface area contributed by atoms with E-state index in [1.165, 1.54) is 0 Å². The molecule has 1 aromatic heterocycles. The molecule has 1 aliphatic heterocycles. The number of hydrogen-bond donors (Lipinski definition) is 1. The van der Waals surface area contributed by atoms with Gasteiger partial charge < -0.3 is 15.1 Å². The number of unbranched alkanes of at least 4 members (excludes halogenated alkanes) is 1. The second-order valence-corrected chi connectivity index (χ2v) is 5.01. The predicted molar refractivity (Wildman–Crippen MR) is 79.0 cm³/mol. The van der Waals surface area contributed by atoms with Crippen LogP contribution in [0, 0.1) is 0 Å². The molecule has 0 spiro atoms. The SMILES string of the molecule is CCCCNc1ncc(C(=O)N2CCN(C=O)CC2)cn1. The van der Waals surface area contributed by atoms with E-state index in [4.69, 9.17) is 0 Å². The molecule has 2 rings (SSSR count). The van der Waals surface area contributed by atoms with Crippen LogP contribution < -0.4 is 5.32 Å². The number of nitrogens with one attached hydrogen (secondary N) is 1. The van der Waals surface area contributed by atoms with Crippen LogP contribution >= 0.6 is 0 Å². The first kappa shape index (κ1) is 15.2. The number of nitrogens with zero attached hydrogens (tertiary/aromatic N) is 4. The third kappa shape index (κ3) is 4.14. The summed E-state index contributed by atoms with van der Waals surface area (Å²) in [6.45, 7) is 5.20. The molecule has 1 saturated heterocycles. The fourth-order valence-electron chi connectivity index (χ4n) is 2.12. The Morgan fingerprint density at radius 3 is 2.52 bits per heavy atom. The highest BCUT2D eigenvalue weighted by Gasteiger charge is 2.21. The fourth-order valence-corrected chi connectivity index (χ4v) is 2.12. The average Bonchev–Trinajstić information content (AvgIpc) is 2.55. The molecule has 0 aliphatic carbocycles. The molecule has 0 bridgehead atoms. The molecular formula is C14H21N5O2. The second-order valence-electron chi connectivity index (χ2n) is 5.01. The van der Waals surface area contributed by atoms with Crippen molar-refractivity contribution in [2.24, 2.45) is 0 Å². The summed E-state index contributed by atoms with van der Waals surface area (Å²) in [5.74, 6) is 0.464. The van der Waals surface area contributed by atoms with E-state index in [1.54, 1.807) is 22.2 Å².